The van der Waals surface area contributed by atoms with Gasteiger partial charge in [0.25, 0.3) is 0 Å². The van der Waals surface area contributed by atoms with E-state index in [1.165, 1.54) is 24.3 Å². The Hall–Kier alpha value is -1.67. The summed E-state index contributed by atoms with van der Waals surface area (Å²) in [7, 11) is -3.19. The third-order valence-electron chi connectivity index (χ3n) is 2.44. The van der Waals surface area contributed by atoms with Crippen molar-refractivity contribution >= 4 is 21.7 Å². The van der Waals surface area contributed by atoms with E-state index in [0.29, 0.717) is 18.7 Å². The summed E-state index contributed by atoms with van der Waals surface area (Å²) in [5.41, 5.74) is 0.482. The van der Waals surface area contributed by atoms with Gasteiger partial charge in [-0.2, -0.15) is 0 Å². The zero-order valence-electron chi connectivity index (χ0n) is 11.1. The summed E-state index contributed by atoms with van der Waals surface area (Å²) < 4.78 is 37.3. The van der Waals surface area contributed by atoms with Crippen LogP contribution in [0.4, 0.5) is 14.9 Å². The summed E-state index contributed by atoms with van der Waals surface area (Å²) in [5.74, 6) is -0.343. The number of carbonyl (C=O) groups excluding carboxylic acids is 1. The molecule has 0 saturated heterocycles. The van der Waals surface area contributed by atoms with Gasteiger partial charge in [0.15, 0.2) is 0 Å². The molecule has 0 aliphatic carbocycles. The van der Waals surface area contributed by atoms with Crippen LogP contribution >= 0.6 is 0 Å². The zero-order valence-corrected chi connectivity index (χ0v) is 12.0. The smallest absolute Gasteiger partial charge is 0.319 e. The van der Waals surface area contributed by atoms with E-state index in [9.17, 15) is 17.6 Å². The Morgan fingerprint density at radius 3 is 2.45 bits per heavy atom. The highest BCUT2D eigenvalue weighted by Crippen LogP contribution is 2.07. The molecule has 6 nitrogen and oxygen atoms in total. The van der Waals surface area contributed by atoms with E-state index in [1.807, 2.05) is 0 Å². The normalized spacial score (nSPS) is 11.1. The predicted octanol–water partition coefficient (Wildman–Crippen LogP) is 1.28. The first-order valence-corrected chi connectivity index (χ1v) is 7.86. The summed E-state index contributed by atoms with van der Waals surface area (Å²) in [4.78, 5) is 11.5. The van der Waals surface area contributed by atoms with E-state index in [-0.39, 0.29) is 18.1 Å². The number of nitrogens with one attached hydrogen (secondary N) is 3. The number of rotatable bonds is 7. The first kappa shape index (κ1) is 16.4. The van der Waals surface area contributed by atoms with Crippen LogP contribution in [0.25, 0.3) is 0 Å². The van der Waals surface area contributed by atoms with Gasteiger partial charge in [0.05, 0.1) is 5.75 Å². The minimum Gasteiger partial charge on any atom is -0.338 e. The van der Waals surface area contributed by atoms with E-state index >= 15 is 0 Å². The lowest BCUT2D eigenvalue weighted by Gasteiger charge is -2.08. The van der Waals surface area contributed by atoms with Crippen molar-refractivity contribution in [1.82, 2.24) is 10.0 Å². The Bertz CT molecular complexity index is 531. The fourth-order valence-corrected chi connectivity index (χ4v) is 1.99. The lowest BCUT2D eigenvalue weighted by Crippen LogP contribution is -2.32. The van der Waals surface area contributed by atoms with E-state index in [4.69, 9.17) is 0 Å². The van der Waals surface area contributed by atoms with Gasteiger partial charge >= 0.3 is 6.03 Å². The summed E-state index contributed by atoms with van der Waals surface area (Å²) in [5, 5.41) is 5.10. The molecule has 112 valence electrons. The minimum absolute atomic E-state index is 0.0332. The van der Waals surface area contributed by atoms with Gasteiger partial charge in [-0.3, -0.25) is 0 Å². The highest BCUT2D eigenvalue weighted by atomic mass is 32.2. The maximum atomic E-state index is 12.7. The molecule has 1 rings (SSSR count). The Kier molecular flexibility index (Phi) is 6.40. The summed E-state index contributed by atoms with van der Waals surface area (Å²) >= 11 is 0. The van der Waals surface area contributed by atoms with Crippen molar-refractivity contribution in [2.75, 3.05) is 24.2 Å². The molecule has 1 aromatic rings. The zero-order chi connectivity index (χ0) is 15.0. The molecule has 0 saturated carbocycles. The molecule has 0 radical (unpaired) electrons. The van der Waals surface area contributed by atoms with Gasteiger partial charge < -0.3 is 10.6 Å². The average molecular weight is 303 g/mol. The number of benzene rings is 1. The summed E-state index contributed by atoms with van der Waals surface area (Å²) in [6, 6.07) is 4.97. The molecule has 0 heterocycles. The molecule has 0 atom stereocenters. The minimum atomic E-state index is -3.19. The molecule has 0 spiro atoms. The van der Waals surface area contributed by atoms with E-state index in [0.717, 1.165) is 0 Å². The highest BCUT2D eigenvalue weighted by Gasteiger charge is 2.05. The Morgan fingerprint density at radius 1 is 1.20 bits per heavy atom. The van der Waals surface area contributed by atoms with Crippen LogP contribution in [0.15, 0.2) is 24.3 Å². The maximum Gasteiger partial charge on any atom is 0.319 e. The molecular weight excluding hydrogens is 285 g/mol. The number of anilines is 1. The fraction of sp³-hybridized carbons (Fsp3) is 0.417. The average Bonchev–Trinajstić information content (AvgIpc) is 2.41. The topological polar surface area (TPSA) is 87.3 Å². The van der Waals surface area contributed by atoms with Crippen LogP contribution in [0, 0.1) is 5.82 Å². The lowest BCUT2D eigenvalue weighted by molar-refractivity contribution is 0.252. The van der Waals surface area contributed by atoms with Crippen LogP contribution in [0.1, 0.15) is 13.3 Å². The van der Waals surface area contributed by atoms with E-state index in [1.54, 1.807) is 6.92 Å². The van der Waals surface area contributed by atoms with Gasteiger partial charge in [-0.1, -0.05) is 0 Å². The molecule has 0 aromatic heterocycles. The summed E-state index contributed by atoms with van der Waals surface area (Å²) in [6.07, 6.45) is 0.482. The SMILES string of the molecule is CCS(=O)(=O)NCCCNC(=O)Nc1ccc(F)cc1. The van der Waals surface area contributed by atoms with Crippen LogP contribution < -0.4 is 15.4 Å². The standard InChI is InChI=1S/C12H18FN3O3S/c1-2-20(18,19)15-9-3-8-14-12(17)16-11-6-4-10(13)5-7-11/h4-7,15H,2-3,8-9H2,1H3,(H2,14,16,17). The monoisotopic (exact) mass is 303 g/mol. The molecular formula is C12H18FN3O3S. The number of urea groups is 1. The van der Waals surface area contributed by atoms with E-state index < -0.39 is 16.1 Å². The second kappa shape index (κ2) is 7.81. The first-order valence-electron chi connectivity index (χ1n) is 6.20. The van der Waals surface area contributed by atoms with Crippen molar-refractivity contribution in [3.05, 3.63) is 30.1 Å². The van der Waals surface area contributed by atoms with Gasteiger partial charge in [0.1, 0.15) is 5.82 Å². The quantitative estimate of drug-likeness (QED) is 0.663. The number of amides is 2. The molecule has 0 bridgehead atoms. The number of carbonyl (C=O) groups is 1. The van der Waals surface area contributed by atoms with Gasteiger partial charge in [0.2, 0.25) is 10.0 Å². The number of halogens is 1. The van der Waals surface area contributed by atoms with Gasteiger partial charge in [-0.05, 0) is 37.6 Å². The lowest BCUT2D eigenvalue weighted by atomic mass is 10.3. The van der Waals surface area contributed by atoms with Crippen molar-refractivity contribution in [3.63, 3.8) is 0 Å². The van der Waals surface area contributed by atoms with Gasteiger partial charge in [-0.15, -0.1) is 0 Å². The van der Waals surface area contributed by atoms with Gasteiger partial charge in [-0.25, -0.2) is 22.3 Å². The van der Waals surface area contributed by atoms with Crippen LogP contribution in [-0.4, -0.2) is 33.3 Å². The Morgan fingerprint density at radius 2 is 1.85 bits per heavy atom. The maximum absolute atomic E-state index is 12.7. The molecule has 0 fully saturated rings. The van der Waals surface area contributed by atoms with Crippen molar-refractivity contribution in [2.45, 2.75) is 13.3 Å². The number of sulfonamides is 1. The predicted molar refractivity (Wildman–Crippen MR) is 75.5 cm³/mol. The Labute approximate surface area is 117 Å². The van der Waals surface area contributed by atoms with Crippen molar-refractivity contribution < 1.29 is 17.6 Å². The molecule has 0 aliphatic heterocycles. The first-order chi connectivity index (χ1) is 9.43. The second-order valence-electron chi connectivity index (χ2n) is 4.04. The van der Waals surface area contributed by atoms with Crippen LogP contribution in [0.2, 0.25) is 0 Å². The Balaban J connectivity index is 2.19. The number of hydrogen-bond acceptors (Lipinski definition) is 3. The summed E-state index contributed by atoms with van der Waals surface area (Å²) in [6.45, 7) is 2.16. The van der Waals surface area contributed by atoms with Crippen molar-refractivity contribution in [3.8, 4) is 0 Å². The molecule has 0 unspecified atom stereocenters. The molecule has 2 amide bonds. The fourth-order valence-electron chi connectivity index (χ4n) is 1.33. The van der Waals surface area contributed by atoms with Crippen LogP contribution in [-0.2, 0) is 10.0 Å². The molecule has 8 heteroatoms. The van der Waals surface area contributed by atoms with E-state index in [2.05, 4.69) is 15.4 Å². The molecule has 20 heavy (non-hydrogen) atoms. The molecule has 0 aliphatic rings. The third-order valence-corrected chi connectivity index (χ3v) is 3.85. The highest BCUT2D eigenvalue weighted by molar-refractivity contribution is 7.89. The van der Waals surface area contributed by atoms with Crippen molar-refractivity contribution in [1.29, 1.82) is 0 Å². The second-order valence-corrected chi connectivity index (χ2v) is 6.13. The molecule has 1 aromatic carbocycles. The van der Waals surface area contributed by atoms with Crippen LogP contribution in [0.5, 0.6) is 0 Å². The van der Waals surface area contributed by atoms with Crippen LogP contribution in [0.3, 0.4) is 0 Å². The number of hydrogen-bond donors (Lipinski definition) is 3. The molecule has 3 N–H and O–H groups in total. The largest absolute Gasteiger partial charge is 0.338 e. The van der Waals surface area contributed by atoms with Crippen molar-refractivity contribution in [2.24, 2.45) is 0 Å². The third kappa shape index (κ3) is 6.48. The van der Waals surface area contributed by atoms with Gasteiger partial charge in [0, 0.05) is 18.8 Å².